The van der Waals surface area contributed by atoms with E-state index < -0.39 is 29.2 Å². The van der Waals surface area contributed by atoms with Crippen molar-refractivity contribution in [2.24, 2.45) is 5.41 Å². The summed E-state index contributed by atoms with van der Waals surface area (Å²) in [6.07, 6.45) is 0. The fraction of sp³-hybridized carbons (Fsp3) is 0.444. The smallest absolute Gasteiger partial charge is 0.347 e. The second kappa shape index (κ2) is 7.04. The van der Waals surface area contributed by atoms with Gasteiger partial charge in [0, 0.05) is 6.54 Å². The van der Waals surface area contributed by atoms with Gasteiger partial charge in [0.2, 0.25) is 0 Å². The molecule has 2 rings (SSSR count). The Hall–Kier alpha value is -2.08. The summed E-state index contributed by atoms with van der Waals surface area (Å²) in [4.78, 5) is 26.2. The Labute approximate surface area is 151 Å². The first-order valence-corrected chi connectivity index (χ1v) is 8.30. The van der Waals surface area contributed by atoms with E-state index in [1.54, 1.807) is 6.92 Å². The molecule has 0 bridgehead atoms. The Balaban J connectivity index is 2.41. The molecular weight excluding hydrogens is 349 g/mol. The van der Waals surface area contributed by atoms with Crippen LogP contribution in [0.3, 0.4) is 0 Å². The van der Waals surface area contributed by atoms with Gasteiger partial charge in [-0.05, 0) is 30.0 Å². The van der Waals surface area contributed by atoms with E-state index >= 15 is 0 Å². The van der Waals surface area contributed by atoms with Gasteiger partial charge in [0.05, 0.1) is 17.7 Å². The highest BCUT2D eigenvalue weighted by atomic mass is 35.5. The number of hydrogen-bond donors (Lipinski definition) is 1. The van der Waals surface area contributed by atoms with Crippen LogP contribution in [-0.2, 0) is 20.9 Å². The fourth-order valence-corrected chi connectivity index (χ4v) is 3.13. The summed E-state index contributed by atoms with van der Waals surface area (Å²) in [5.74, 6) is -2.32. The summed E-state index contributed by atoms with van der Waals surface area (Å²) < 4.78 is 18.2. The van der Waals surface area contributed by atoms with Gasteiger partial charge in [-0.1, -0.05) is 38.4 Å². The molecule has 0 fully saturated rings. The lowest BCUT2D eigenvalue weighted by molar-refractivity contribution is -0.141. The summed E-state index contributed by atoms with van der Waals surface area (Å²) in [7, 11) is 0. The van der Waals surface area contributed by atoms with Gasteiger partial charge in [-0.15, -0.1) is 0 Å². The summed E-state index contributed by atoms with van der Waals surface area (Å²) >= 11 is 5.80. The largest absolute Gasteiger partial charge is 0.509 e. The average molecular weight is 370 g/mol. The van der Waals surface area contributed by atoms with Gasteiger partial charge in [-0.25, -0.2) is 9.18 Å². The third kappa shape index (κ3) is 3.79. The molecular formula is C18H21ClFNO4. The van der Waals surface area contributed by atoms with Crippen LogP contribution in [0.4, 0.5) is 4.39 Å². The molecule has 1 heterocycles. The van der Waals surface area contributed by atoms with Gasteiger partial charge in [-0.2, -0.15) is 0 Å². The number of nitrogens with zero attached hydrogens (tertiary/aromatic N) is 1. The molecule has 1 N–H and O–H groups in total. The van der Waals surface area contributed by atoms with E-state index in [-0.39, 0.29) is 29.5 Å². The highest BCUT2D eigenvalue weighted by Crippen LogP contribution is 2.37. The lowest BCUT2D eigenvalue weighted by Crippen LogP contribution is -2.43. The van der Waals surface area contributed by atoms with E-state index in [4.69, 9.17) is 16.3 Å². The van der Waals surface area contributed by atoms with E-state index in [0.29, 0.717) is 5.56 Å². The van der Waals surface area contributed by atoms with E-state index in [0.717, 1.165) is 0 Å². The van der Waals surface area contributed by atoms with Crippen molar-refractivity contribution in [3.8, 4) is 0 Å². The van der Waals surface area contributed by atoms with Crippen molar-refractivity contribution in [1.82, 2.24) is 4.90 Å². The summed E-state index contributed by atoms with van der Waals surface area (Å²) in [5, 5.41) is 10.5. The topological polar surface area (TPSA) is 66.8 Å². The quantitative estimate of drug-likeness (QED) is 0.650. The maximum atomic E-state index is 13.3. The lowest BCUT2D eigenvalue weighted by Gasteiger charge is -2.35. The van der Waals surface area contributed by atoms with Crippen molar-refractivity contribution in [3.05, 3.63) is 45.9 Å². The maximum absolute atomic E-state index is 13.3. The molecule has 0 radical (unpaired) electrons. The molecule has 1 aromatic carbocycles. The van der Waals surface area contributed by atoms with Gasteiger partial charge in [-0.3, -0.25) is 4.79 Å². The van der Waals surface area contributed by atoms with Crippen LogP contribution >= 0.6 is 11.6 Å². The van der Waals surface area contributed by atoms with Crippen LogP contribution in [0.5, 0.6) is 0 Å². The molecule has 0 aliphatic carbocycles. The number of amides is 1. The molecule has 1 aromatic rings. The number of rotatable bonds is 4. The fourth-order valence-electron chi connectivity index (χ4n) is 2.93. The van der Waals surface area contributed by atoms with Gasteiger partial charge < -0.3 is 14.7 Å². The van der Waals surface area contributed by atoms with Crippen LogP contribution < -0.4 is 0 Å². The van der Waals surface area contributed by atoms with Gasteiger partial charge in [0.25, 0.3) is 5.91 Å². The monoisotopic (exact) mass is 369 g/mol. The highest BCUT2D eigenvalue weighted by Gasteiger charge is 2.48. The Morgan fingerprint density at radius 1 is 1.40 bits per heavy atom. The maximum Gasteiger partial charge on any atom is 0.347 e. The predicted octanol–water partition coefficient (Wildman–Crippen LogP) is 3.61. The van der Waals surface area contributed by atoms with Gasteiger partial charge in [0.1, 0.15) is 11.6 Å². The number of carbonyl (C=O) groups excluding carboxylic acids is 2. The zero-order valence-corrected chi connectivity index (χ0v) is 15.4. The molecule has 0 saturated heterocycles. The minimum absolute atomic E-state index is 0.0562. The SMILES string of the molecule is CCOC(=O)C1=C(O)[C@H](C(C)(C)C)N(Cc2ccc(F)c(Cl)c2)C1=O. The standard InChI is InChI=1S/C18H21ClFNO4/c1-5-25-17(24)13-14(22)15(18(2,3)4)21(16(13)23)9-10-6-7-12(20)11(19)8-10/h6-8,15,22H,5,9H2,1-4H3/t15-/m1/s1. The zero-order chi connectivity index (χ0) is 18.9. The molecule has 1 aliphatic heterocycles. The third-order valence-corrected chi connectivity index (χ3v) is 4.23. The average Bonchev–Trinajstić information content (AvgIpc) is 2.74. The molecule has 25 heavy (non-hydrogen) atoms. The molecule has 5 nitrogen and oxygen atoms in total. The first-order chi connectivity index (χ1) is 11.6. The van der Waals surface area contributed by atoms with E-state index in [1.807, 2.05) is 20.8 Å². The molecule has 0 unspecified atom stereocenters. The third-order valence-electron chi connectivity index (χ3n) is 3.94. The molecule has 7 heteroatoms. The second-order valence-electron chi connectivity index (χ2n) is 6.93. The van der Waals surface area contributed by atoms with Crippen molar-refractivity contribution < 1.29 is 23.8 Å². The van der Waals surface area contributed by atoms with E-state index in [9.17, 15) is 19.1 Å². The van der Waals surface area contributed by atoms with Crippen LogP contribution in [0.25, 0.3) is 0 Å². The normalized spacial score (nSPS) is 18.1. The van der Waals surface area contributed by atoms with Crippen LogP contribution in [0.15, 0.2) is 29.5 Å². The summed E-state index contributed by atoms with van der Waals surface area (Å²) in [6.45, 7) is 7.33. The molecule has 136 valence electrons. The van der Waals surface area contributed by atoms with Crippen LogP contribution in [0.2, 0.25) is 5.02 Å². The van der Waals surface area contributed by atoms with Crippen molar-refractivity contribution in [2.75, 3.05) is 6.61 Å². The van der Waals surface area contributed by atoms with Crippen molar-refractivity contribution in [3.63, 3.8) is 0 Å². The number of ether oxygens (including phenoxy) is 1. The first kappa shape index (κ1) is 19.2. The number of hydrogen-bond acceptors (Lipinski definition) is 4. The number of halogens is 2. The Bertz CT molecular complexity index is 739. The van der Waals surface area contributed by atoms with Crippen molar-refractivity contribution in [2.45, 2.75) is 40.3 Å². The molecule has 1 aliphatic rings. The Morgan fingerprint density at radius 2 is 2.04 bits per heavy atom. The number of aliphatic hydroxyl groups excluding tert-OH is 1. The Morgan fingerprint density at radius 3 is 2.56 bits per heavy atom. The van der Waals surface area contributed by atoms with Gasteiger partial charge >= 0.3 is 5.97 Å². The van der Waals surface area contributed by atoms with Gasteiger partial charge in [0.15, 0.2) is 5.57 Å². The van der Waals surface area contributed by atoms with E-state index in [1.165, 1.54) is 23.1 Å². The van der Waals surface area contributed by atoms with Crippen LogP contribution in [-0.4, -0.2) is 34.5 Å². The molecule has 1 atom stereocenters. The minimum atomic E-state index is -0.848. The number of benzene rings is 1. The lowest BCUT2D eigenvalue weighted by atomic mass is 9.85. The second-order valence-corrected chi connectivity index (χ2v) is 7.34. The molecule has 0 saturated carbocycles. The number of carbonyl (C=O) groups is 2. The molecule has 0 spiro atoms. The van der Waals surface area contributed by atoms with Crippen molar-refractivity contribution in [1.29, 1.82) is 0 Å². The number of esters is 1. The van der Waals surface area contributed by atoms with Crippen LogP contribution in [0, 0.1) is 11.2 Å². The molecule has 1 amide bonds. The Kier molecular flexibility index (Phi) is 5.42. The highest BCUT2D eigenvalue weighted by molar-refractivity contribution is 6.30. The summed E-state index contributed by atoms with van der Waals surface area (Å²) in [5.41, 5.74) is -0.292. The van der Waals surface area contributed by atoms with E-state index in [2.05, 4.69) is 0 Å². The molecule has 0 aromatic heterocycles. The summed E-state index contributed by atoms with van der Waals surface area (Å²) in [6, 6.07) is 3.43. The number of aliphatic hydroxyl groups is 1. The zero-order valence-electron chi connectivity index (χ0n) is 14.6. The minimum Gasteiger partial charge on any atom is -0.509 e. The first-order valence-electron chi connectivity index (χ1n) is 7.93. The van der Waals surface area contributed by atoms with Crippen LogP contribution in [0.1, 0.15) is 33.3 Å². The predicted molar refractivity (Wildman–Crippen MR) is 91.5 cm³/mol. The van der Waals surface area contributed by atoms with Crippen molar-refractivity contribution >= 4 is 23.5 Å².